The Labute approximate surface area is 191 Å². The van der Waals surface area contributed by atoms with Crippen molar-refractivity contribution >= 4 is 15.9 Å². The van der Waals surface area contributed by atoms with E-state index in [1.807, 2.05) is 30.9 Å². The minimum Gasteiger partial charge on any atom is -0.497 e. The van der Waals surface area contributed by atoms with Gasteiger partial charge in [-0.2, -0.15) is 0 Å². The van der Waals surface area contributed by atoms with E-state index < -0.39 is 10.0 Å². The monoisotopic (exact) mass is 459 g/mol. The third-order valence-corrected chi connectivity index (χ3v) is 7.38. The number of amides is 1. The maximum Gasteiger partial charge on any atom is 0.240 e. The lowest BCUT2D eigenvalue weighted by molar-refractivity contribution is -0.130. The van der Waals surface area contributed by atoms with Gasteiger partial charge >= 0.3 is 0 Å². The molecule has 0 spiro atoms. The van der Waals surface area contributed by atoms with Gasteiger partial charge in [-0.3, -0.25) is 9.69 Å². The molecule has 0 saturated carbocycles. The number of sulfonamides is 1. The maximum atomic E-state index is 12.7. The summed E-state index contributed by atoms with van der Waals surface area (Å²) in [6.45, 7) is 7.83. The smallest absolute Gasteiger partial charge is 0.240 e. The van der Waals surface area contributed by atoms with Gasteiger partial charge in [-0.15, -0.1) is 0 Å². The van der Waals surface area contributed by atoms with Crippen molar-refractivity contribution in [2.75, 3.05) is 39.8 Å². The van der Waals surface area contributed by atoms with Gasteiger partial charge < -0.3 is 9.64 Å². The number of aryl methyl sites for hydroxylation is 2. The number of hydrogen-bond donors (Lipinski definition) is 1. The van der Waals surface area contributed by atoms with E-state index in [2.05, 4.69) is 21.8 Å². The van der Waals surface area contributed by atoms with Crippen molar-refractivity contribution in [2.24, 2.45) is 0 Å². The van der Waals surface area contributed by atoms with Crippen LogP contribution in [0.2, 0.25) is 0 Å². The van der Waals surface area contributed by atoms with E-state index in [9.17, 15) is 13.2 Å². The summed E-state index contributed by atoms with van der Waals surface area (Å²) in [5, 5.41) is 0. The van der Waals surface area contributed by atoms with Crippen molar-refractivity contribution in [2.45, 2.75) is 38.1 Å². The molecule has 8 heteroatoms. The normalized spacial score (nSPS) is 15.4. The van der Waals surface area contributed by atoms with Crippen LogP contribution >= 0.6 is 0 Å². The highest BCUT2D eigenvalue weighted by atomic mass is 32.2. The Morgan fingerprint density at radius 3 is 2.44 bits per heavy atom. The summed E-state index contributed by atoms with van der Waals surface area (Å²) in [5.41, 5.74) is 3.18. The minimum atomic E-state index is -3.62. The fourth-order valence-corrected chi connectivity index (χ4v) is 4.90. The Morgan fingerprint density at radius 1 is 1.00 bits per heavy atom. The maximum absolute atomic E-state index is 12.7. The lowest BCUT2D eigenvalue weighted by Crippen LogP contribution is -2.37. The largest absolute Gasteiger partial charge is 0.497 e. The van der Waals surface area contributed by atoms with Crippen molar-refractivity contribution in [1.82, 2.24) is 14.5 Å². The number of rotatable bonds is 8. The second-order valence-electron chi connectivity index (χ2n) is 8.25. The summed E-state index contributed by atoms with van der Waals surface area (Å²) in [5.74, 6) is 0.827. The molecule has 1 aliphatic heterocycles. The molecule has 0 radical (unpaired) electrons. The molecule has 1 fully saturated rings. The van der Waals surface area contributed by atoms with Gasteiger partial charge in [0.1, 0.15) is 5.75 Å². The first-order valence-corrected chi connectivity index (χ1v) is 12.5. The van der Waals surface area contributed by atoms with Crippen LogP contribution in [0.3, 0.4) is 0 Å². The molecule has 32 heavy (non-hydrogen) atoms. The summed E-state index contributed by atoms with van der Waals surface area (Å²) < 4.78 is 32.8. The number of ether oxygens (including phenoxy) is 1. The van der Waals surface area contributed by atoms with Crippen LogP contribution in [0.25, 0.3) is 0 Å². The highest BCUT2D eigenvalue weighted by molar-refractivity contribution is 7.89. The van der Waals surface area contributed by atoms with Gasteiger partial charge in [-0.25, -0.2) is 13.1 Å². The van der Waals surface area contributed by atoms with Crippen molar-refractivity contribution < 1.29 is 17.9 Å². The summed E-state index contributed by atoms with van der Waals surface area (Å²) in [7, 11) is -1.96. The number of benzene rings is 2. The Kier molecular flexibility index (Phi) is 8.28. The summed E-state index contributed by atoms with van der Waals surface area (Å²) >= 11 is 0. The highest BCUT2D eigenvalue weighted by Gasteiger charge is 2.20. The van der Waals surface area contributed by atoms with Gasteiger partial charge in [0.15, 0.2) is 0 Å². The van der Waals surface area contributed by atoms with Crippen molar-refractivity contribution in [1.29, 1.82) is 0 Å². The molecule has 1 aliphatic rings. The topological polar surface area (TPSA) is 79.0 Å². The molecule has 0 unspecified atom stereocenters. The van der Waals surface area contributed by atoms with E-state index in [1.165, 1.54) is 5.56 Å². The van der Waals surface area contributed by atoms with E-state index >= 15 is 0 Å². The van der Waals surface area contributed by atoms with Gasteiger partial charge in [0.2, 0.25) is 15.9 Å². The number of nitrogens with zero attached hydrogens (tertiary/aromatic N) is 2. The fourth-order valence-electron chi connectivity index (χ4n) is 3.78. The second-order valence-corrected chi connectivity index (χ2v) is 10.0. The van der Waals surface area contributed by atoms with Gasteiger partial charge in [0.05, 0.1) is 12.0 Å². The third-order valence-electron chi connectivity index (χ3n) is 5.93. The standard InChI is InChI=1S/C24H33N3O4S/c1-19-5-10-23(17-20(19)2)32(29,30)25-12-11-24(28)27-14-4-13-26(15-16-27)18-21-6-8-22(31-3)9-7-21/h5-10,17,25H,4,11-16,18H2,1-3H3. The van der Waals surface area contributed by atoms with Gasteiger partial charge in [-0.1, -0.05) is 18.2 Å². The molecular weight excluding hydrogens is 426 g/mol. The number of nitrogens with one attached hydrogen (secondary N) is 1. The van der Waals surface area contributed by atoms with E-state index in [0.29, 0.717) is 13.1 Å². The molecule has 0 aromatic heterocycles. The third kappa shape index (κ3) is 6.54. The average Bonchev–Trinajstić information content (AvgIpc) is 3.01. The van der Waals surface area contributed by atoms with Crippen LogP contribution in [0.15, 0.2) is 47.4 Å². The average molecular weight is 460 g/mol. The molecule has 174 valence electrons. The molecular formula is C24H33N3O4S. The van der Waals surface area contributed by atoms with Gasteiger partial charge in [-0.05, 0) is 61.2 Å². The van der Waals surface area contributed by atoms with Crippen LogP contribution in [0, 0.1) is 13.8 Å². The zero-order chi connectivity index (χ0) is 23.1. The van der Waals surface area contributed by atoms with Crippen LogP contribution < -0.4 is 9.46 Å². The number of carbonyl (C=O) groups is 1. The number of carbonyl (C=O) groups excluding carboxylic acids is 1. The van der Waals surface area contributed by atoms with E-state index in [-0.39, 0.29) is 23.8 Å². The Balaban J connectivity index is 1.46. The van der Waals surface area contributed by atoms with Gasteiger partial charge in [0, 0.05) is 45.7 Å². The predicted molar refractivity (Wildman–Crippen MR) is 125 cm³/mol. The Hall–Kier alpha value is -2.42. The van der Waals surface area contributed by atoms with E-state index in [4.69, 9.17) is 4.74 Å². The Bertz CT molecular complexity index is 1020. The molecule has 1 saturated heterocycles. The lowest BCUT2D eigenvalue weighted by Gasteiger charge is -2.22. The molecule has 0 bridgehead atoms. The lowest BCUT2D eigenvalue weighted by atomic mass is 10.1. The van der Waals surface area contributed by atoms with Crippen LogP contribution in [0.5, 0.6) is 5.75 Å². The number of hydrogen-bond acceptors (Lipinski definition) is 5. The summed E-state index contributed by atoms with van der Waals surface area (Å²) in [4.78, 5) is 17.1. The molecule has 7 nitrogen and oxygen atoms in total. The molecule has 2 aromatic carbocycles. The first-order chi connectivity index (χ1) is 15.3. The molecule has 1 heterocycles. The molecule has 2 aromatic rings. The summed E-state index contributed by atoms with van der Waals surface area (Å²) in [6, 6.07) is 13.1. The molecule has 1 N–H and O–H groups in total. The fraction of sp³-hybridized carbons (Fsp3) is 0.458. The zero-order valence-corrected chi connectivity index (χ0v) is 20.0. The van der Waals surface area contributed by atoms with Crippen molar-refractivity contribution in [3.63, 3.8) is 0 Å². The molecule has 3 rings (SSSR count). The molecule has 0 aliphatic carbocycles. The van der Waals surface area contributed by atoms with Gasteiger partial charge in [0.25, 0.3) is 0 Å². The SMILES string of the molecule is COc1ccc(CN2CCCN(C(=O)CCNS(=O)(=O)c3ccc(C)c(C)c3)CC2)cc1. The Morgan fingerprint density at radius 2 is 1.75 bits per heavy atom. The highest BCUT2D eigenvalue weighted by Crippen LogP contribution is 2.16. The number of methoxy groups -OCH3 is 1. The minimum absolute atomic E-state index is 0.0147. The molecule has 1 amide bonds. The van der Waals surface area contributed by atoms with Crippen LogP contribution in [0.4, 0.5) is 0 Å². The van der Waals surface area contributed by atoms with Crippen LogP contribution in [-0.4, -0.2) is 64.0 Å². The zero-order valence-electron chi connectivity index (χ0n) is 19.1. The summed E-state index contributed by atoms with van der Waals surface area (Å²) in [6.07, 6.45) is 1.05. The quantitative estimate of drug-likeness (QED) is 0.657. The van der Waals surface area contributed by atoms with Crippen LogP contribution in [-0.2, 0) is 21.4 Å². The second kappa shape index (κ2) is 10.9. The van der Waals surface area contributed by atoms with E-state index in [1.54, 1.807) is 25.3 Å². The van der Waals surface area contributed by atoms with E-state index in [0.717, 1.165) is 42.9 Å². The predicted octanol–water partition coefficient (Wildman–Crippen LogP) is 2.71. The van der Waals surface area contributed by atoms with Crippen molar-refractivity contribution in [3.8, 4) is 5.75 Å². The first-order valence-electron chi connectivity index (χ1n) is 11.0. The van der Waals surface area contributed by atoms with Crippen LogP contribution in [0.1, 0.15) is 29.5 Å². The van der Waals surface area contributed by atoms with Crippen molar-refractivity contribution in [3.05, 3.63) is 59.2 Å². The molecule has 0 atom stereocenters. The first kappa shape index (κ1) is 24.2.